The summed E-state index contributed by atoms with van der Waals surface area (Å²) in [5.74, 6) is 0.322. The van der Waals surface area contributed by atoms with Crippen molar-refractivity contribution in [3.8, 4) is 0 Å². The van der Waals surface area contributed by atoms with E-state index in [1.807, 2.05) is 0 Å². The van der Waals surface area contributed by atoms with Crippen LogP contribution in [0, 0.1) is 0 Å². The zero-order valence-corrected chi connectivity index (χ0v) is 12.3. The van der Waals surface area contributed by atoms with Gasteiger partial charge in [-0.25, -0.2) is 8.42 Å². The van der Waals surface area contributed by atoms with Crippen LogP contribution in [0.3, 0.4) is 0 Å². The van der Waals surface area contributed by atoms with E-state index in [-0.39, 0.29) is 0 Å². The molecule has 1 rings (SSSR count). The third-order valence-corrected chi connectivity index (χ3v) is 4.67. The molecular formula is C13H27NO2S. The molecule has 0 unspecified atom stereocenters. The second-order valence-electron chi connectivity index (χ2n) is 5.61. The second-order valence-corrected chi connectivity index (χ2v) is 7.87. The monoisotopic (exact) mass is 261 g/mol. The van der Waals surface area contributed by atoms with Gasteiger partial charge in [-0.2, -0.15) is 0 Å². The van der Waals surface area contributed by atoms with Gasteiger partial charge in [-0.3, -0.25) is 4.90 Å². The Balaban J connectivity index is 2.42. The minimum Gasteiger partial charge on any atom is -0.298 e. The molecular weight excluding hydrogens is 234 g/mol. The van der Waals surface area contributed by atoms with Crippen molar-refractivity contribution in [2.24, 2.45) is 0 Å². The van der Waals surface area contributed by atoms with Gasteiger partial charge in [0.15, 0.2) is 0 Å². The Morgan fingerprint density at radius 2 is 1.76 bits per heavy atom. The zero-order chi connectivity index (χ0) is 12.9. The van der Waals surface area contributed by atoms with Crippen LogP contribution in [0.2, 0.25) is 0 Å². The van der Waals surface area contributed by atoms with Crippen molar-refractivity contribution in [1.29, 1.82) is 0 Å². The van der Waals surface area contributed by atoms with Gasteiger partial charge in [-0.1, -0.05) is 19.3 Å². The molecule has 1 aliphatic carbocycles. The van der Waals surface area contributed by atoms with E-state index in [0.29, 0.717) is 17.8 Å². The average molecular weight is 261 g/mol. The Morgan fingerprint density at radius 3 is 2.24 bits per heavy atom. The molecule has 0 aromatic heterocycles. The fraction of sp³-hybridized carbons (Fsp3) is 1.00. The Labute approximate surface area is 106 Å². The lowest BCUT2D eigenvalue weighted by atomic mass is 9.93. The van der Waals surface area contributed by atoms with Gasteiger partial charge in [0, 0.05) is 18.3 Å². The zero-order valence-electron chi connectivity index (χ0n) is 11.5. The van der Waals surface area contributed by atoms with E-state index in [4.69, 9.17) is 0 Å². The van der Waals surface area contributed by atoms with E-state index < -0.39 is 9.84 Å². The quantitative estimate of drug-likeness (QED) is 0.737. The highest BCUT2D eigenvalue weighted by molar-refractivity contribution is 7.90. The maximum atomic E-state index is 11.1. The molecule has 102 valence electrons. The summed E-state index contributed by atoms with van der Waals surface area (Å²) in [6, 6.07) is 1.21. The number of hydrogen-bond donors (Lipinski definition) is 0. The lowest BCUT2D eigenvalue weighted by molar-refractivity contribution is 0.121. The number of sulfone groups is 1. The van der Waals surface area contributed by atoms with Gasteiger partial charge in [0.2, 0.25) is 0 Å². The summed E-state index contributed by atoms with van der Waals surface area (Å²) in [4.78, 5) is 2.50. The highest BCUT2D eigenvalue weighted by Crippen LogP contribution is 2.24. The van der Waals surface area contributed by atoms with Gasteiger partial charge in [0.1, 0.15) is 9.84 Å². The molecule has 0 bridgehead atoms. The first-order chi connectivity index (χ1) is 7.90. The van der Waals surface area contributed by atoms with Crippen LogP contribution in [0.15, 0.2) is 0 Å². The van der Waals surface area contributed by atoms with Crippen LogP contribution in [-0.2, 0) is 9.84 Å². The van der Waals surface area contributed by atoms with Gasteiger partial charge in [-0.15, -0.1) is 0 Å². The molecule has 0 aliphatic heterocycles. The van der Waals surface area contributed by atoms with Crippen LogP contribution in [0.25, 0.3) is 0 Å². The van der Waals surface area contributed by atoms with E-state index >= 15 is 0 Å². The van der Waals surface area contributed by atoms with Crippen molar-refractivity contribution in [1.82, 2.24) is 4.90 Å². The molecule has 1 fully saturated rings. The predicted molar refractivity (Wildman–Crippen MR) is 73.0 cm³/mol. The van der Waals surface area contributed by atoms with Crippen LogP contribution < -0.4 is 0 Å². The van der Waals surface area contributed by atoms with E-state index in [1.54, 1.807) is 0 Å². The van der Waals surface area contributed by atoms with Crippen molar-refractivity contribution in [2.45, 2.75) is 64.5 Å². The summed E-state index contributed by atoms with van der Waals surface area (Å²) in [7, 11) is -2.80. The lowest BCUT2D eigenvalue weighted by Gasteiger charge is -2.37. The smallest absolute Gasteiger partial charge is 0.147 e. The Bertz CT molecular complexity index is 305. The van der Waals surface area contributed by atoms with Gasteiger partial charge in [0.25, 0.3) is 0 Å². The Hall–Kier alpha value is -0.0900. The molecule has 0 N–H and O–H groups in total. The van der Waals surface area contributed by atoms with Crippen molar-refractivity contribution in [3.05, 3.63) is 0 Å². The molecule has 1 saturated carbocycles. The van der Waals surface area contributed by atoms with Gasteiger partial charge < -0.3 is 0 Å². The SMILES string of the molecule is CC(C)N(CCCS(C)(=O)=O)C1CCCCC1. The molecule has 0 heterocycles. The van der Waals surface area contributed by atoms with Crippen molar-refractivity contribution in [3.63, 3.8) is 0 Å². The first kappa shape index (κ1) is 15.0. The van der Waals surface area contributed by atoms with E-state index in [2.05, 4.69) is 18.7 Å². The molecule has 3 nitrogen and oxygen atoms in total. The largest absolute Gasteiger partial charge is 0.298 e. The third-order valence-electron chi connectivity index (χ3n) is 3.64. The fourth-order valence-electron chi connectivity index (χ4n) is 2.78. The molecule has 0 aromatic carbocycles. The first-order valence-electron chi connectivity index (χ1n) is 6.83. The number of nitrogens with zero attached hydrogens (tertiary/aromatic N) is 1. The van der Waals surface area contributed by atoms with Gasteiger partial charge >= 0.3 is 0 Å². The van der Waals surface area contributed by atoms with Crippen LogP contribution in [0.5, 0.6) is 0 Å². The summed E-state index contributed by atoms with van der Waals surface area (Å²) < 4.78 is 22.3. The normalized spacial score (nSPS) is 19.1. The maximum absolute atomic E-state index is 11.1. The van der Waals surface area contributed by atoms with Crippen molar-refractivity contribution in [2.75, 3.05) is 18.6 Å². The summed E-state index contributed by atoms with van der Waals surface area (Å²) >= 11 is 0. The number of rotatable bonds is 6. The highest BCUT2D eigenvalue weighted by atomic mass is 32.2. The fourth-order valence-corrected chi connectivity index (χ4v) is 3.44. The molecule has 0 amide bonds. The molecule has 0 aromatic rings. The van der Waals surface area contributed by atoms with E-state index in [1.165, 1.54) is 38.4 Å². The maximum Gasteiger partial charge on any atom is 0.147 e. The first-order valence-corrected chi connectivity index (χ1v) is 8.89. The van der Waals surface area contributed by atoms with Crippen LogP contribution in [0.4, 0.5) is 0 Å². The summed E-state index contributed by atoms with van der Waals surface area (Å²) in [6.45, 7) is 5.36. The molecule has 0 spiro atoms. The minimum absolute atomic E-state index is 0.322. The van der Waals surface area contributed by atoms with Crippen LogP contribution in [0.1, 0.15) is 52.4 Å². The molecule has 0 radical (unpaired) electrons. The summed E-state index contributed by atoms with van der Waals surface area (Å²) in [5.41, 5.74) is 0. The standard InChI is InChI=1S/C13H27NO2S/c1-12(2)14(10-7-11-17(3,15)16)13-8-5-4-6-9-13/h12-13H,4-11H2,1-3H3. The van der Waals surface area contributed by atoms with Gasteiger partial charge in [0.05, 0.1) is 5.75 Å². The summed E-state index contributed by atoms with van der Waals surface area (Å²) in [5, 5.41) is 0. The molecule has 4 heteroatoms. The number of hydrogen-bond acceptors (Lipinski definition) is 3. The molecule has 1 aliphatic rings. The third kappa shape index (κ3) is 5.87. The highest BCUT2D eigenvalue weighted by Gasteiger charge is 2.22. The molecule has 17 heavy (non-hydrogen) atoms. The molecule has 0 atom stereocenters. The van der Waals surface area contributed by atoms with E-state index in [9.17, 15) is 8.42 Å². The molecule has 0 saturated heterocycles. The van der Waals surface area contributed by atoms with E-state index in [0.717, 1.165) is 13.0 Å². The topological polar surface area (TPSA) is 37.4 Å². The Kier molecular flexibility index (Phi) is 5.93. The van der Waals surface area contributed by atoms with Crippen LogP contribution >= 0.6 is 0 Å². The van der Waals surface area contributed by atoms with Crippen molar-refractivity contribution < 1.29 is 8.42 Å². The summed E-state index contributed by atoms with van der Waals surface area (Å²) in [6.07, 6.45) is 8.71. The van der Waals surface area contributed by atoms with Crippen molar-refractivity contribution >= 4 is 9.84 Å². The van der Waals surface area contributed by atoms with Crippen LogP contribution in [-0.4, -0.2) is 44.0 Å². The lowest BCUT2D eigenvalue weighted by Crippen LogP contribution is -2.42. The average Bonchev–Trinajstić information content (AvgIpc) is 2.23. The van der Waals surface area contributed by atoms with Gasteiger partial charge in [-0.05, 0) is 39.7 Å². The minimum atomic E-state index is -2.80. The predicted octanol–water partition coefficient (Wildman–Crippen LogP) is 2.46. The Morgan fingerprint density at radius 1 is 1.18 bits per heavy atom. The second kappa shape index (κ2) is 6.74.